The topological polar surface area (TPSA) is 72.2 Å². The Morgan fingerprint density at radius 1 is 1.28 bits per heavy atom. The van der Waals surface area contributed by atoms with Crippen molar-refractivity contribution < 1.29 is 12.8 Å². The molecule has 0 radical (unpaired) electrons. The first-order valence-corrected chi connectivity index (χ1v) is 7.79. The molecule has 0 saturated heterocycles. The third-order valence-corrected chi connectivity index (χ3v) is 5.24. The van der Waals surface area contributed by atoms with Gasteiger partial charge in [-0.3, -0.25) is 0 Å². The third-order valence-electron chi connectivity index (χ3n) is 1.90. The second-order valence-corrected chi connectivity index (χ2v) is 6.65. The lowest BCUT2D eigenvalue weighted by molar-refractivity contribution is 0.577. The molecule has 104 valence electrons. The number of hydrogen-bond donors (Lipinski definition) is 2. The van der Waals surface area contributed by atoms with Crippen LogP contribution in [-0.2, 0) is 10.0 Å². The lowest BCUT2D eigenvalue weighted by atomic mass is 10.3. The van der Waals surface area contributed by atoms with E-state index in [1.165, 1.54) is 0 Å². The molecule has 0 bridgehead atoms. The van der Waals surface area contributed by atoms with Crippen LogP contribution in [0.4, 0.5) is 4.39 Å². The monoisotopic (exact) mass is 424 g/mol. The molecule has 0 aliphatic rings. The number of benzene rings is 1. The van der Waals surface area contributed by atoms with Gasteiger partial charge in [0.05, 0.1) is 0 Å². The highest BCUT2D eigenvalue weighted by Gasteiger charge is 2.21. The molecule has 0 unspecified atom stereocenters. The Labute approximate surface area is 128 Å². The predicted octanol–water partition coefficient (Wildman–Crippen LogP) is 2.40. The van der Waals surface area contributed by atoms with Crippen molar-refractivity contribution in [3.63, 3.8) is 0 Å². The fraction of sp³-hybridized carbons (Fsp3) is 0.333. The molecule has 4 nitrogen and oxygen atoms in total. The lowest BCUT2D eigenvalue weighted by Gasteiger charge is -2.10. The van der Waals surface area contributed by atoms with Crippen LogP contribution in [0.25, 0.3) is 0 Å². The Hall–Kier alpha value is 0.270. The van der Waals surface area contributed by atoms with Gasteiger partial charge in [0.2, 0.25) is 10.0 Å². The molecule has 1 aromatic rings. The minimum atomic E-state index is -3.68. The summed E-state index contributed by atoms with van der Waals surface area (Å²) in [5.74, 6) is -0.523. The van der Waals surface area contributed by atoms with E-state index in [0.717, 1.165) is 12.1 Å². The minimum Gasteiger partial charge on any atom is -0.330 e. The van der Waals surface area contributed by atoms with Gasteiger partial charge in [0, 0.05) is 15.5 Å². The van der Waals surface area contributed by atoms with Gasteiger partial charge in [0.1, 0.15) is 10.7 Å². The summed E-state index contributed by atoms with van der Waals surface area (Å²) in [6.45, 7) is 0.642. The maximum Gasteiger partial charge on any atom is 0.242 e. The summed E-state index contributed by atoms with van der Waals surface area (Å²) in [7, 11) is -3.68. The van der Waals surface area contributed by atoms with Crippen LogP contribution < -0.4 is 10.5 Å². The maximum absolute atomic E-state index is 13.0. The molecule has 0 spiro atoms. The van der Waals surface area contributed by atoms with Gasteiger partial charge in [-0.05, 0) is 57.0 Å². The molecule has 0 aliphatic carbocycles. The van der Waals surface area contributed by atoms with Crippen LogP contribution in [0.3, 0.4) is 0 Å². The zero-order chi connectivity index (χ0) is 13.1. The second kappa shape index (κ2) is 7.76. The van der Waals surface area contributed by atoms with E-state index in [1.54, 1.807) is 0 Å². The number of sulfonamides is 1. The quantitative estimate of drug-likeness (QED) is 0.711. The molecule has 18 heavy (non-hydrogen) atoms. The Kier molecular flexibility index (Phi) is 7.88. The molecule has 0 heterocycles. The standard InChI is InChI=1S/C9H11Br2FN2O2S.ClH/c10-7-4-6(12)5-8(11)9(7)17(15,16)14-3-1-2-13;/h4-5,14H,1-3,13H2;1H. The molecule has 0 aliphatic heterocycles. The van der Waals surface area contributed by atoms with Crippen LogP contribution in [0, 0.1) is 5.82 Å². The SMILES string of the molecule is Cl.NCCCNS(=O)(=O)c1c(Br)cc(F)cc1Br. The van der Waals surface area contributed by atoms with Crippen LogP contribution in [0.15, 0.2) is 26.0 Å². The molecule has 1 rings (SSSR count). The molecular formula is C9H12Br2ClFN2O2S. The van der Waals surface area contributed by atoms with Crippen molar-refractivity contribution in [1.82, 2.24) is 4.72 Å². The molecule has 0 atom stereocenters. The van der Waals surface area contributed by atoms with E-state index < -0.39 is 15.8 Å². The summed E-state index contributed by atoms with van der Waals surface area (Å²) < 4.78 is 39.6. The van der Waals surface area contributed by atoms with E-state index in [1.807, 2.05) is 0 Å². The van der Waals surface area contributed by atoms with Gasteiger partial charge in [-0.1, -0.05) is 0 Å². The Balaban J connectivity index is 0.00000289. The van der Waals surface area contributed by atoms with E-state index in [4.69, 9.17) is 5.73 Å². The van der Waals surface area contributed by atoms with Crippen LogP contribution in [0.1, 0.15) is 6.42 Å². The second-order valence-electron chi connectivity index (χ2n) is 3.24. The molecule has 3 N–H and O–H groups in total. The fourth-order valence-electron chi connectivity index (χ4n) is 1.17. The van der Waals surface area contributed by atoms with Crippen molar-refractivity contribution >= 4 is 54.3 Å². The van der Waals surface area contributed by atoms with Gasteiger partial charge in [0.15, 0.2) is 0 Å². The van der Waals surface area contributed by atoms with Gasteiger partial charge in [0.25, 0.3) is 0 Å². The predicted molar refractivity (Wildman–Crippen MR) is 77.9 cm³/mol. The maximum atomic E-state index is 13.0. The molecule has 9 heteroatoms. The Morgan fingerprint density at radius 3 is 2.22 bits per heavy atom. The average molecular weight is 427 g/mol. The van der Waals surface area contributed by atoms with E-state index in [9.17, 15) is 12.8 Å². The number of hydrogen-bond acceptors (Lipinski definition) is 3. The summed E-state index contributed by atoms with van der Waals surface area (Å²) >= 11 is 6.06. The molecule has 0 aromatic heterocycles. The molecular weight excluding hydrogens is 414 g/mol. The van der Waals surface area contributed by atoms with Gasteiger partial charge in [-0.15, -0.1) is 12.4 Å². The van der Waals surface area contributed by atoms with E-state index in [-0.39, 0.29) is 32.8 Å². The van der Waals surface area contributed by atoms with Gasteiger partial charge in [-0.25, -0.2) is 17.5 Å². The van der Waals surface area contributed by atoms with Gasteiger partial charge in [-0.2, -0.15) is 0 Å². The zero-order valence-corrected chi connectivity index (χ0v) is 13.9. The summed E-state index contributed by atoms with van der Waals surface area (Å²) in [5.41, 5.74) is 5.27. The van der Waals surface area contributed by atoms with Crippen molar-refractivity contribution in [1.29, 1.82) is 0 Å². The minimum absolute atomic E-state index is 0. The Morgan fingerprint density at radius 2 is 1.78 bits per heavy atom. The van der Waals surface area contributed by atoms with Gasteiger partial charge >= 0.3 is 0 Å². The van der Waals surface area contributed by atoms with Crippen LogP contribution >= 0.6 is 44.3 Å². The number of nitrogens with two attached hydrogens (primary N) is 1. The summed E-state index contributed by atoms with van der Waals surface area (Å²) in [5, 5.41) is 0. The average Bonchev–Trinajstić information content (AvgIpc) is 2.15. The third kappa shape index (κ3) is 4.75. The van der Waals surface area contributed by atoms with Gasteiger partial charge < -0.3 is 5.73 Å². The lowest BCUT2D eigenvalue weighted by Crippen LogP contribution is -2.26. The summed E-state index contributed by atoms with van der Waals surface area (Å²) in [4.78, 5) is -0.0177. The van der Waals surface area contributed by atoms with Crippen molar-refractivity contribution in [2.45, 2.75) is 11.3 Å². The number of rotatable bonds is 5. The van der Waals surface area contributed by atoms with E-state index >= 15 is 0 Å². The first-order valence-electron chi connectivity index (χ1n) is 4.73. The summed E-state index contributed by atoms with van der Waals surface area (Å²) in [6, 6.07) is 2.20. The van der Waals surface area contributed by atoms with Crippen molar-refractivity contribution in [2.75, 3.05) is 13.1 Å². The largest absolute Gasteiger partial charge is 0.330 e. The number of nitrogens with one attached hydrogen (secondary N) is 1. The first-order chi connectivity index (χ1) is 7.88. The van der Waals surface area contributed by atoms with E-state index in [0.29, 0.717) is 13.0 Å². The van der Waals surface area contributed by atoms with Crippen molar-refractivity contribution in [3.05, 3.63) is 26.9 Å². The zero-order valence-electron chi connectivity index (χ0n) is 9.12. The highest BCUT2D eigenvalue weighted by molar-refractivity contribution is 9.11. The smallest absolute Gasteiger partial charge is 0.242 e. The first kappa shape index (κ1) is 18.3. The van der Waals surface area contributed by atoms with Crippen molar-refractivity contribution in [3.8, 4) is 0 Å². The molecule has 0 fully saturated rings. The molecule has 1 aromatic carbocycles. The Bertz CT molecular complexity index is 490. The highest BCUT2D eigenvalue weighted by Crippen LogP contribution is 2.30. The van der Waals surface area contributed by atoms with Crippen LogP contribution in [-0.4, -0.2) is 21.5 Å². The number of halogens is 4. The normalized spacial score (nSPS) is 11.1. The van der Waals surface area contributed by atoms with Crippen LogP contribution in [0.2, 0.25) is 0 Å². The highest BCUT2D eigenvalue weighted by atomic mass is 79.9. The van der Waals surface area contributed by atoms with Crippen LogP contribution in [0.5, 0.6) is 0 Å². The van der Waals surface area contributed by atoms with Crippen molar-refractivity contribution in [2.24, 2.45) is 5.73 Å². The summed E-state index contributed by atoms with van der Waals surface area (Å²) in [6.07, 6.45) is 0.537. The fourth-order valence-corrected chi connectivity index (χ4v) is 4.76. The molecule has 0 saturated carbocycles. The molecule has 0 amide bonds. The van der Waals surface area contributed by atoms with E-state index in [2.05, 4.69) is 36.6 Å².